The van der Waals surface area contributed by atoms with Gasteiger partial charge < -0.3 is 8.83 Å². The van der Waals surface area contributed by atoms with E-state index in [-0.39, 0.29) is 0 Å². The molecule has 3 nitrogen and oxygen atoms in total. The highest BCUT2D eigenvalue weighted by molar-refractivity contribution is 6.23. The number of nitrogens with zero attached hydrogens (tertiary/aromatic N) is 1. The maximum atomic E-state index is 6.34. The zero-order valence-electron chi connectivity index (χ0n) is 16.3. The predicted octanol–water partition coefficient (Wildman–Crippen LogP) is 7.67. The lowest BCUT2D eigenvalue weighted by Crippen LogP contribution is -1.90. The number of para-hydroxylation sites is 2. The number of fused-ring (bicyclic) bond motifs is 7. The number of furan rings is 2. The van der Waals surface area contributed by atoms with E-state index in [0.717, 1.165) is 55.1 Å². The maximum Gasteiger partial charge on any atom is 0.147 e. The highest BCUT2D eigenvalue weighted by Gasteiger charge is 2.18. The molecule has 6 aromatic rings. The second-order valence-corrected chi connectivity index (χ2v) is 7.83. The predicted molar refractivity (Wildman–Crippen MR) is 118 cm³/mol. The van der Waals surface area contributed by atoms with Crippen LogP contribution in [-0.4, -0.2) is 4.98 Å². The fourth-order valence-corrected chi connectivity index (χ4v) is 4.22. The van der Waals surface area contributed by atoms with E-state index in [1.165, 1.54) is 5.56 Å². The van der Waals surface area contributed by atoms with E-state index in [9.17, 15) is 0 Å². The van der Waals surface area contributed by atoms with Gasteiger partial charge in [0, 0.05) is 27.9 Å². The molecule has 3 aromatic heterocycles. The van der Waals surface area contributed by atoms with E-state index < -0.39 is 0 Å². The Morgan fingerprint density at radius 3 is 2.45 bits per heavy atom. The summed E-state index contributed by atoms with van der Waals surface area (Å²) < 4.78 is 12.6. The first-order valence-electron chi connectivity index (χ1n) is 9.92. The molecule has 0 bridgehead atoms. The van der Waals surface area contributed by atoms with Crippen LogP contribution in [0.4, 0.5) is 0 Å². The van der Waals surface area contributed by atoms with Gasteiger partial charge in [0.25, 0.3) is 0 Å². The molecule has 3 heterocycles. The highest BCUT2D eigenvalue weighted by Crippen LogP contribution is 2.41. The number of rotatable bonds is 2. The first-order valence-corrected chi connectivity index (χ1v) is 9.92. The molecular formula is C26H19NO2. The van der Waals surface area contributed by atoms with Crippen molar-refractivity contribution in [2.24, 2.45) is 0 Å². The van der Waals surface area contributed by atoms with Crippen molar-refractivity contribution >= 4 is 43.9 Å². The molecule has 6 rings (SSSR count). The van der Waals surface area contributed by atoms with Crippen molar-refractivity contribution in [3.8, 4) is 11.3 Å². The Hall–Kier alpha value is -3.59. The zero-order chi connectivity index (χ0) is 19.5. The van der Waals surface area contributed by atoms with Gasteiger partial charge in [0.05, 0.1) is 11.1 Å². The topological polar surface area (TPSA) is 39.2 Å². The van der Waals surface area contributed by atoms with Crippen molar-refractivity contribution in [2.45, 2.75) is 19.8 Å². The van der Waals surface area contributed by atoms with Crippen molar-refractivity contribution in [2.75, 3.05) is 0 Å². The molecule has 0 aliphatic rings. The standard InChI is InChI=1S/C26H19NO2/c1-15(2)16-12-13-27-21(14-16)19-7-5-8-20-24-23(29-25(19)20)11-10-18-17-6-3-4-9-22(17)28-26(18)24/h3-15H,1-2H3. The SMILES string of the molecule is CC(C)c1ccnc(-c2cccc3c2oc2ccc4c5ccccc5oc4c23)c1. The Balaban J connectivity index is 1.70. The lowest BCUT2D eigenvalue weighted by Gasteiger charge is -2.07. The smallest absolute Gasteiger partial charge is 0.147 e. The third-order valence-electron chi connectivity index (χ3n) is 5.73. The number of hydrogen-bond donors (Lipinski definition) is 0. The Morgan fingerprint density at radius 1 is 0.724 bits per heavy atom. The van der Waals surface area contributed by atoms with Gasteiger partial charge in [-0.25, -0.2) is 0 Å². The van der Waals surface area contributed by atoms with Gasteiger partial charge in [-0.1, -0.05) is 44.2 Å². The van der Waals surface area contributed by atoms with Crippen LogP contribution in [0.15, 0.2) is 81.8 Å². The summed E-state index contributed by atoms with van der Waals surface area (Å²) in [5, 5.41) is 4.32. The van der Waals surface area contributed by atoms with E-state index in [0.29, 0.717) is 5.92 Å². The van der Waals surface area contributed by atoms with Crippen molar-refractivity contribution < 1.29 is 8.83 Å². The minimum Gasteiger partial charge on any atom is -0.455 e. The van der Waals surface area contributed by atoms with Crippen LogP contribution >= 0.6 is 0 Å². The summed E-state index contributed by atoms with van der Waals surface area (Å²) in [6.07, 6.45) is 1.88. The van der Waals surface area contributed by atoms with Gasteiger partial charge in [0.2, 0.25) is 0 Å². The van der Waals surface area contributed by atoms with Crippen molar-refractivity contribution in [3.63, 3.8) is 0 Å². The van der Waals surface area contributed by atoms with Gasteiger partial charge in [-0.15, -0.1) is 0 Å². The Labute approximate surface area is 167 Å². The first-order chi connectivity index (χ1) is 14.2. The molecule has 0 atom stereocenters. The van der Waals surface area contributed by atoms with E-state index in [1.807, 2.05) is 30.5 Å². The van der Waals surface area contributed by atoms with E-state index in [2.05, 4.69) is 61.3 Å². The van der Waals surface area contributed by atoms with Crippen LogP contribution in [0.25, 0.3) is 55.1 Å². The summed E-state index contributed by atoms with van der Waals surface area (Å²) in [6, 6.07) is 22.8. The third kappa shape index (κ3) is 2.34. The van der Waals surface area contributed by atoms with Crippen LogP contribution in [0.3, 0.4) is 0 Å². The van der Waals surface area contributed by atoms with Crippen molar-refractivity contribution in [3.05, 3.63) is 78.5 Å². The van der Waals surface area contributed by atoms with Gasteiger partial charge in [0.15, 0.2) is 0 Å². The van der Waals surface area contributed by atoms with Crippen molar-refractivity contribution in [1.82, 2.24) is 4.98 Å². The van der Waals surface area contributed by atoms with Crippen molar-refractivity contribution in [1.29, 1.82) is 0 Å². The van der Waals surface area contributed by atoms with E-state index in [4.69, 9.17) is 8.83 Å². The quantitative estimate of drug-likeness (QED) is 0.311. The van der Waals surface area contributed by atoms with Gasteiger partial charge in [0.1, 0.15) is 22.3 Å². The molecule has 0 aliphatic carbocycles. The molecule has 0 radical (unpaired) electrons. The highest BCUT2D eigenvalue weighted by atomic mass is 16.3. The largest absolute Gasteiger partial charge is 0.455 e. The summed E-state index contributed by atoms with van der Waals surface area (Å²) >= 11 is 0. The summed E-state index contributed by atoms with van der Waals surface area (Å²) in [5.41, 5.74) is 6.66. The molecule has 0 unspecified atom stereocenters. The van der Waals surface area contributed by atoms with Crippen LogP contribution in [0, 0.1) is 0 Å². The Morgan fingerprint density at radius 2 is 1.55 bits per heavy atom. The summed E-state index contributed by atoms with van der Waals surface area (Å²) in [7, 11) is 0. The monoisotopic (exact) mass is 377 g/mol. The minimum atomic E-state index is 0.446. The van der Waals surface area contributed by atoms with Gasteiger partial charge >= 0.3 is 0 Å². The number of hydrogen-bond acceptors (Lipinski definition) is 3. The molecule has 0 N–H and O–H groups in total. The number of benzene rings is 3. The normalized spacial score (nSPS) is 12.1. The Kier molecular flexibility index (Phi) is 3.36. The van der Waals surface area contributed by atoms with Crippen LogP contribution in [0.1, 0.15) is 25.3 Å². The molecule has 0 amide bonds. The molecule has 3 heteroatoms. The van der Waals surface area contributed by atoms with Gasteiger partial charge in [-0.2, -0.15) is 0 Å². The second-order valence-electron chi connectivity index (χ2n) is 7.83. The molecule has 0 spiro atoms. The lowest BCUT2D eigenvalue weighted by atomic mass is 10.0. The molecule has 3 aromatic carbocycles. The lowest BCUT2D eigenvalue weighted by molar-refractivity contribution is 0.663. The third-order valence-corrected chi connectivity index (χ3v) is 5.73. The average Bonchev–Trinajstić information content (AvgIpc) is 3.31. The van der Waals surface area contributed by atoms with Gasteiger partial charge in [-0.3, -0.25) is 4.98 Å². The Bertz CT molecular complexity index is 1530. The second kappa shape index (κ2) is 5.95. The van der Waals surface area contributed by atoms with Crippen LogP contribution in [-0.2, 0) is 0 Å². The van der Waals surface area contributed by atoms with E-state index in [1.54, 1.807) is 0 Å². The molecule has 140 valence electrons. The number of aromatic nitrogens is 1. The van der Waals surface area contributed by atoms with Crippen LogP contribution in [0.2, 0.25) is 0 Å². The molecule has 0 fully saturated rings. The van der Waals surface area contributed by atoms with Gasteiger partial charge in [-0.05, 0) is 47.9 Å². The molecule has 0 aliphatic heterocycles. The molecule has 0 saturated heterocycles. The van der Waals surface area contributed by atoms with Crippen LogP contribution < -0.4 is 0 Å². The summed E-state index contributed by atoms with van der Waals surface area (Å²) in [6.45, 7) is 4.39. The minimum absolute atomic E-state index is 0.446. The molecule has 0 saturated carbocycles. The first kappa shape index (κ1) is 16.4. The molecular weight excluding hydrogens is 358 g/mol. The maximum absolute atomic E-state index is 6.34. The molecule has 29 heavy (non-hydrogen) atoms. The number of pyridine rings is 1. The van der Waals surface area contributed by atoms with E-state index >= 15 is 0 Å². The summed E-state index contributed by atoms with van der Waals surface area (Å²) in [5.74, 6) is 0.446. The van der Waals surface area contributed by atoms with Crippen LogP contribution in [0.5, 0.6) is 0 Å². The fourth-order valence-electron chi connectivity index (χ4n) is 4.22. The fraction of sp³-hybridized carbons (Fsp3) is 0.115. The zero-order valence-corrected chi connectivity index (χ0v) is 16.3. The average molecular weight is 377 g/mol. The summed E-state index contributed by atoms with van der Waals surface area (Å²) in [4.78, 5) is 4.63.